The third-order valence-electron chi connectivity index (χ3n) is 4.98. The van der Waals surface area contributed by atoms with Gasteiger partial charge in [0.25, 0.3) is 5.91 Å². The number of rotatable bonds is 7. The molecule has 0 saturated carbocycles. The second-order valence-corrected chi connectivity index (χ2v) is 7.33. The number of hydrogen-bond donors (Lipinski definition) is 3. The van der Waals surface area contributed by atoms with Crippen molar-refractivity contribution in [3.63, 3.8) is 0 Å². The van der Waals surface area contributed by atoms with E-state index in [-0.39, 0.29) is 12.5 Å². The van der Waals surface area contributed by atoms with E-state index in [2.05, 4.69) is 16.0 Å². The van der Waals surface area contributed by atoms with Crippen molar-refractivity contribution in [1.82, 2.24) is 15.5 Å². The topological polar surface area (TPSA) is 117 Å². The summed E-state index contributed by atoms with van der Waals surface area (Å²) >= 11 is 0. The molecule has 2 aromatic rings. The Kier molecular flexibility index (Phi) is 6.24. The summed E-state index contributed by atoms with van der Waals surface area (Å²) in [5.41, 5.74) is 0.698. The van der Waals surface area contributed by atoms with Gasteiger partial charge in [-0.2, -0.15) is 0 Å². The highest BCUT2D eigenvalue weighted by atomic mass is 16.5. The molecule has 9 nitrogen and oxygen atoms in total. The molecular formula is C22H24N4O5. The minimum Gasteiger partial charge on any atom is -0.497 e. The van der Waals surface area contributed by atoms with Gasteiger partial charge in [-0.15, -0.1) is 0 Å². The zero-order valence-electron chi connectivity index (χ0n) is 17.5. The Labute approximate surface area is 179 Å². The van der Waals surface area contributed by atoms with Crippen LogP contribution in [0, 0.1) is 0 Å². The van der Waals surface area contributed by atoms with Crippen LogP contribution in [0.2, 0.25) is 0 Å². The van der Waals surface area contributed by atoms with Crippen LogP contribution in [0.15, 0.2) is 48.5 Å². The Bertz CT molecular complexity index is 1020. The standard InChI is InChI=1S/C22H24N4O5/c1-14(27)24-17-6-4-5-15(11-17)12-23-19(28)13-26-20(29)22(2,25-21(26)30)16-7-9-18(31-3)10-8-16/h4-11H,12-13H2,1-3H3,(H,23,28)(H,24,27)(H,25,30). The van der Waals surface area contributed by atoms with Crippen LogP contribution < -0.4 is 20.7 Å². The number of amides is 5. The van der Waals surface area contributed by atoms with E-state index in [1.165, 1.54) is 14.0 Å². The number of urea groups is 1. The molecule has 1 aliphatic rings. The molecule has 0 radical (unpaired) electrons. The van der Waals surface area contributed by atoms with E-state index in [0.29, 0.717) is 17.0 Å². The molecule has 1 saturated heterocycles. The molecule has 3 rings (SSSR count). The summed E-state index contributed by atoms with van der Waals surface area (Å²) < 4.78 is 5.12. The zero-order chi connectivity index (χ0) is 22.6. The van der Waals surface area contributed by atoms with Gasteiger partial charge in [-0.1, -0.05) is 24.3 Å². The highest BCUT2D eigenvalue weighted by molar-refractivity contribution is 6.09. The summed E-state index contributed by atoms with van der Waals surface area (Å²) in [7, 11) is 1.54. The SMILES string of the molecule is COc1ccc(C2(C)NC(=O)N(CC(=O)NCc3cccc(NC(C)=O)c3)C2=O)cc1. The van der Waals surface area contributed by atoms with Gasteiger partial charge in [-0.25, -0.2) is 4.79 Å². The maximum Gasteiger partial charge on any atom is 0.325 e. The number of nitrogens with one attached hydrogen (secondary N) is 3. The van der Waals surface area contributed by atoms with Gasteiger partial charge in [0.05, 0.1) is 7.11 Å². The molecule has 0 bridgehead atoms. The van der Waals surface area contributed by atoms with Crippen LogP contribution in [-0.2, 0) is 26.5 Å². The molecule has 9 heteroatoms. The van der Waals surface area contributed by atoms with Crippen LogP contribution in [0.3, 0.4) is 0 Å². The average molecular weight is 424 g/mol. The molecule has 1 heterocycles. The van der Waals surface area contributed by atoms with Crippen molar-refractivity contribution in [2.75, 3.05) is 19.0 Å². The second-order valence-electron chi connectivity index (χ2n) is 7.33. The average Bonchev–Trinajstić information content (AvgIpc) is 2.96. The molecule has 31 heavy (non-hydrogen) atoms. The first-order valence-corrected chi connectivity index (χ1v) is 9.65. The van der Waals surface area contributed by atoms with E-state index in [4.69, 9.17) is 4.74 Å². The first kappa shape index (κ1) is 21.8. The van der Waals surface area contributed by atoms with Gasteiger partial charge in [0.2, 0.25) is 11.8 Å². The van der Waals surface area contributed by atoms with Gasteiger partial charge in [0, 0.05) is 19.2 Å². The van der Waals surface area contributed by atoms with Gasteiger partial charge in [0.1, 0.15) is 17.8 Å². The van der Waals surface area contributed by atoms with E-state index >= 15 is 0 Å². The quantitative estimate of drug-likeness (QED) is 0.586. The molecule has 3 N–H and O–H groups in total. The largest absolute Gasteiger partial charge is 0.497 e. The monoisotopic (exact) mass is 424 g/mol. The Morgan fingerprint density at radius 3 is 2.48 bits per heavy atom. The highest BCUT2D eigenvalue weighted by Gasteiger charge is 2.49. The molecular weight excluding hydrogens is 400 g/mol. The predicted octanol–water partition coefficient (Wildman–Crippen LogP) is 1.74. The zero-order valence-corrected chi connectivity index (χ0v) is 17.5. The summed E-state index contributed by atoms with van der Waals surface area (Å²) in [6, 6.07) is 13.2. The fourth-order valence-electron chi connectivity index (χ4n) is 3.32. The van der Waals surface area contributed by atoms with Gasteiger partial charge < -0.3 is 20.7 Å². The van der Waals surface area contributed by atoms with Crippen molar-refractivity contribution >= 4 is 29.4 Å². The smallest absolute Gasteiger partial charge is 0.325 e. The number of carbonyl (C=O) groups is 4. The minimum absolute atomic E-state index is 0.186. The number of ether oxygens (including phenoxy) is 1. The molecule has 2 aromatic carbocycles. The molecule has 1 unspecified atom stereocenters. The second kappa shape index (κ2) is 8.86. The van der Waals surface area contributed by atoms with Crippen LogP contribution in [0.4, 0.5) is 10.5 Å². The van der Waals surface area contributed by atoms with Gasteiger partial charge in [-0.05, 0) is 42.3 Å². The first-order valence-electron chi connectivity index (χ1n) is 9.65. The molecule has 1 atom stereocenters. The highest BCUT2D eigenvalue weighted by Crippen LogP contribution is 2.29. The predicted molar refractivity (Wildman–Crippen MR) is 113 cm³/mol. The Balaban J connectivity index is 1.63. The van der Waals surface area contributed by atoms with Gasteiger partial charge >= 0.3 is 6.03 Å². The van der Waals surface area contributed by atoms with Crippen LogP contribution in [0.1, 0.15) is 25.0 Å². The maximum absolute atomic E-state index is 12.9. The summed E-state index contributed by atoms with van der Waals surface area (Å²) in [5.74, 6) is -0.555. The van der Waals surface area contributed by atoms with Crippen molar-refractivity contribution in [2.45, 2.75) is 25.9 Å². The molecule has 162 valence electrons. The Hall–Kier alpha value is -3.88. The lowest BCUT2D eigenvalue weighted by molar-refractivity contribution is -0.134. The van der Waals surface area contributed by atoms with Crippen molar-refractivity contribution < 1.29 is 23.9 Å². The number of benzene rings is 2. The van der Waals surface area contributed by atoms with Crippen LogP contribution in [0.25, 0.3) is 0 Å². The van der Waals surface area contributed by atoms with E-state index in [1.807, 2.05) is 0 Å². The molecule has 1 aliphatic heterocycles. The van der Waals surface area contributed by atoms with Crippen LogP contribution >= 0.6 is 0 Å². The number of anilines is 1. The fraction of sp³-hybridized carbons (Fsp3) is 0.273. The normalized spacial score (nSPS) is 17.8. The lowest BCUT2D eigenvalue weighted by Gasteiger charge is -2.22. The van der Waals surface area contributed by atoms with Crippen LogP contribution in [-0.4, -0.2) is 42.3 Å². The lowest BCUT2D eigenvalue weighted by Crippen LogP contribution is -2.43. The van der Waals surface area contributed by atoms with E-state index in [1.54, 1.807) is 55.5 Å². The Morgan fingerprint density at radius 2 is 1.84 bits per heavy atom. The van der Waals surface area contributed by atoms with Crippen molar-refractivity contribution in [3.05, 3.63) is 59.7 Å². The minimum atomic E-state index is -1.27. The summed E-state index contributed by atoms with van der Waals surface area (Å²) in [6.07, 6.45) is 0. The van der Waals surface area contributed by atoms with Crippen molar-refractivity contribution in [2.24, 2.45) is 0 Å². The molecule has 0 aromatic heterocycles. The lowest BCUT2D eigenvalue weighted by atomic mass is 9.92. The summed E-state index contributed by atoms with van der Waals surface area (Å²) in [6.45, 7) is 2.79. The fourth-order valence-corrected chi connectivity index (χ4v) is 3.32. The van der Waals surface area contributed by atoms with Crippen LogP contribution in [0.5, 0.6) is 5.75 Å². The van der Waals surface area contributed by atoms with E-state index in [0.717, 1.165) is 10.5 Å². The molecule has 1 fully saturated rings. The number of nitrogens with zero attached hydrogens (tertiary/aromatic N) is 1. The van der Waals surface area contributed by atoms with Gasteiger partial charge in [0.15, 0.2) is 0 Å². The number of imide groups is 1. The third-order valence-corrected chi connectivity index (χ3v) is 4.98. The first-order chi connectivity index (χ1) is 14.7. The third kappa shape index (κ3) is 4.82. The van der Waals surface area contributed by atoms with E-state index in [9.17, 15) is 19.2 Å². The number of methoxy groups -OCH3 is 1. The van der Waals surface area contributed by atoms with Crippen molar-refractivity contribution in [3.8, 4) is 5.75 Å². The molecule has 0 aliphatic carbocycles. The number of hydrogen-bond acceptors (Lipinski definition) is 5. The number of carbonyl (C=O) groups excluding carboxylic acids is 4. The Morgan fingerprint density at radius 1 is 1.13 bits per heavy atom. The molecule has 5 amide bonds. The summed E-state index contributed by atoms with van der Waals surface area (Å²) in [5, 5.41) is 8.02. The maximum atomic E-state index is 12.9. The van der Waals surface area contributed by atoms with Gasteiger partial charge in [-0.3, -0.25) is 19.3 Å². The summed E-state index contributed by atoms with van der Waals surface area (Å²) in [4.78, 5) is 49.8. The molecule has 0 spiro atoms. The van der Waals surface area contributed by atoms with E-state index < -0.39 is 29.9 Å². The van der Waals surface area contributed by atoms with Crippen molar-refractivity contribution in [1.29, 1.82) is 0 Å².